The molecular weight excluding hydrogens is 409 g/mol. The molecule has 0 spiro atoms. The van der Waals surface area contributed by atoms with Crippen molar-refractivity contribution in [2.75, 3.05) is 19.0 Å². The second-order valence-electron chi connectivity index (χ2n) is 5.43. The summed E-state index contributed by atoms with van der Waals surface area (Å²) in [6, 6.07) is 12.3. The van der Waals surface area contributed by atoms with Crippen molar-refractivity contribution in [2.45, 2.75) is 17.1 Å². The molecule has 6 nitrogen and oxygen atoms in total. The second kappa shape index (κ2) is 10.3. The largest absolute Gasteiger partial charge is 0.495 e. The van der Waals surface area contributed by atoms with Crippen LogP contribution in [-0.4, -0.2) is 30.7 Å². The minimum Gasteiger partial charge on any atom is -0.495 e. The molecule has 2 aromatic rings. The average Bonchev–Trinajstić information content (AvgIpc) is 2.67. The van der Waals surface area contributed by atoms with Crippen LogP contribution in [0, 0.1) is 0 Å². The van der Waals surface area contributed by atoms with E-state index in [0.717, 1.165) is 0 Å². The first-order valence-electron chi connectivity index (χ1n) is 7.98. The second-order valence-corrected chi connectivity index (χ2v) is 7.65. The molecule has 2 aromatic carbocycles. The molecule has 1 atom stereocenters. The number of carbonyl (C=O) groups excluding carboxylic acids is 2. The summed E-state index contributed by atoms with van der Waals surface area (Å²) in [7, 11) is 1.55. The molecule has 0 aliphatic carbocycles. The normalized spacial score (nSPS) is 11.4. The molecule has 0 fully saturated rings. The van der Waals surface area contributed by atoms with Gasteiger partial charge in [0.15, 0.2) is 0 Å². The van der Waals surface area contributed by atoms with E-state index in [0.29, 0.717) is 26.4 Å². The molecule has 0 saturated carbocycles. The Balaban J connectivity index is 1.80. The van der Waals surface area contributed by atoms with Crippen LogP contribution in [0.25, 0.3) is 0 Å². The molecule has 0 aliphatic heterocycles. The highest BCUT2D eigenvalue weighted by Gasteiger charge is 2.17. The first kappa shape index (κ1) is 21.2. The third kappa shape index (κ3) is 6.53. The van der Waals surface area contributed by atoms with Gasteiger partial charge in [0, 0.05) is 9.92 Å². The number of benzene rings is 2. The number of nitrogens with one attached hydrogen (secondary N) is 3. The number of hydrazine groups is 1. The van der Waals surface area contributed by atoms with E-state index < -0.39 is 11.2 Å². The monoisotopic (exact) mass is 427 g/mol. The molecule has 0 bridgehead atoms. The van der Waals surface area contributed by atoms with E-state index in [4.69, 9.17) is 27.9 Å². The van der Waals surface area contributed by atoms with E-state index in [1.807, 2.05) is 12.1 Å². The highest BCUT2D eigenvalue weighted by molar-refractivity contribution is 8.00. The van der Waals surface area contributed by atoms with Crippen LogP contribution in [0.5, 0.6) is 5.75 Å². The van der Waals surface area contributed by atoms with Crippen molar-refractivity contribution < 1.29 is 14.3 Å². The lowest BCUT2D eigenvalue weighted by atomic mass is 10.3. The Bertz CT molecular complexity index is 820. The molecule has 0 aliphatic rings. The van der Waals surface area contributed by atoms with E-state index in [9.17, 15) is 9.59 Å². The van der Waals surface area contributed by atoms with E-state index in [1.165, 1.54) is 11.8 Å². The van der Waals surface area contributed by atoms with Crippen molar-refractivity contribution in [2.24, 2.45) is 0 Å². The standard InChI is InChI=1S/C18H19Cl2N3O3S/c1-11(27-16-9-12(19)7-8-13(16)20)18(25)23-22-17(24)10-21-14-5-3-4-6-15(14)26-2/h3-9,11,21H,10H2,1-2H3,(H,22,24)(H,23,25). The Morgan fingerprint density at radius 1 is 1.15 bits per heavy atom. The Hall–Kier alpha value is -2.09. The summed E-state index contributed by atoms with van der Waals surface area (Å²) in [6.45, 7) is 1.68. The van der Waals surface area contributed by atoms with Gasteiger partial charge >= 0.3 is 0 Å². The number of hydrogen-bond acceptors (Lipinski definition) is 5. The van der Waals surface area contributed by atoms with Crippen LogP contribution in [0.15, 0.2) is 47.4 Å². The van der Waals surface area contributed by atoms with Crippen LogP contribution in [0.4, 0.5) is 5.69 Å². The van der Waals surface area contributed by atoms with Gasteiger partial charge in [-0.1, -0.05) is 35.3 Å². The zero-order valence-electron chi connectivity index (χ0n) is 14.7. The van der Waals surface area contributed by atoms with Crippen molar-refractivity contribution in [1.82, 2.24) is 10.9 Å². The number of carbonyl (C=O) groups is 2. The Morgan fingerprint density at radius 2 is 1.89 bits per heavy atom. The molecule has 9 heteroatoms. The number of para-hydroxylation sites is 2. The predicted octanol–water partition coefficient (Wildman–Crippen LogP) is 3.74. The molecule has 0 aromatic heterocycles. The molecule has 0 radical (unpaired) electrons. The first-order valence-corrected chi connectivity index (χ1v) is 9.61. The van der Waals surface area contributed by atoms with Gasteiger partial charge in [-0.3, -0.25) is 20.4 Å². The summed E-state index contributed by atoms with van der Waals surface area (Å²) in [5, 5.41) is 3.50. The number of anilines is 1. The van der Waals surface area contributed by atoms with Gasteiger partial charge in [-0.2, -0.15) is 0 Å². The zero-order valence-corrected chi connectivity index (χ0v) is 17.0. The maximum absolute atomic E-state index is 12.2. The smallest absolute Gasteiger partial charge is 0.257 e. The van der Waals surface area contributed by atoms with Gasteiger partial charge in [0.2, 0.25) is 0 Å². The van der Waals surface area contributed by atoms with Crippen LogP contribution in [0.3, 0.4) is 0 Å². The van der Waals surface area contributed by atoms with Crippen molar-refractivity contribution in [3.05, 3.63) is 52.5 Å². The number of hydrogen-bond donors (Lipinski definition) is 3. The molecule has 2 rings (SSSR count). The summed E-state index contributed by atoms with van der Waals surface area (Å²) < 4.78 is 5.20. The highest BCUT2D eigenvalue weighted by atomic mass is 35.5. The van der Waals surface area contributed by atoms with E-state index in [2.05, 4.69) is 16.2 Å². The maximum atomic E-state index is 12.2. The number of methoxy groups -OCH3 is 1. The van der Waals surface area contributed by atoms with E-state index >= 15 is 0 Å². The maximum Gasteiger partial charge on any atom is 0.257 e. The molecule has 0 heterocycles. The van der Waals surface area contributed by atoms with Gasteiger partial charge in [-0.05, 0) is 37.3 Å². The number of thioether (sulfide) groups is 1. The lowest BCUT2D eigenvalue weighted by Crippen LogP contribution is -2.46. The quantitative estimate of drug-likeness (QED) is 0.463. The Labute approximate surface area is 171 Å². The minimum absolute atomic E-state index is 0.0255. The van der Waals surface area contributed by atoms with Gasteiger partial charge < -0.3 is 10.1 Å². The summed E-state index contributed by atoms with van der Waals surface area (Å²) in [6.07, 6.45) is 0. The number of halogens is 2. The van der Waals surface area contributed by atoms with Crippen LogP contribution >= 0.6 is 35.0 Å². The molecule has 2 amide bonds. The van der Waals surface area contributed by atoms with Gasteiger partial charge in [0.1, 0.15) is 5.75 Å². The van der Waals surface area contributed by atoms with Crippen molar-refractivity contribution in [3.63, 3.8) is 0 Å². The summed E-state index contributed by atoms with van der Waals surface area (Å²) in [4.78, 5) is 24.8. The highest BCUT2D eigenvalue weighted by Crippen LogP contribution is 2.32. The molecule has 3 N–H and O–H groups in total. The van der Waals surface area contributed by atoms with Crippen molar-refractivity contribution in [3.8, 4) is 5.75 Å². The van der Waals surface area contributed by atoms with Gasteiger partial charge in [-0.15, -0.1) is 11.8 Å². The van der Waals surface area contributed by atoms with Gasteiger partial charge in [0.25, 0.3) is 11.8 Å². The van der Waals surface area contributed by atoms with Crippen LogP contribution in [-0.2, 0) is 9.59 Å². The lowest BCUT2D eigenvalue weighted by Gasteiger charge is -2.14. The summed E-state index contributed by atoms with van der Waals surface area (Å²) in [5.41, 5.74) is 5.44. The fourth-order valence-corrected chi connectivity index (χ4v) is 3.47. The molecule has 1 unspecified atom stereocenters. The Morgan fingerprint density at radius 3 is 2.63 bits per heavy atom. The first-order chi connectivity index (χ1) is 12.9. The number of rotatable bonds is 7. The lowest BCUT2D eigenvalue weighted by molar-refractivity contribution is -0.127. The van der Waals surface area contributed by atoms with Crippen LogP contribution in [0.1, 0.15) is 6.92 Å². The Kier molecular flexibility index (Phi) is 8.09. The molecule has 0 saturated heterocycles. The number of amides is 2. The average molecular weight is 428 g/mol. The third-order valence-electron chi connectivity index (χ3n) is 3.44. The minimum atomic E-state index is -0.483. The van der Waals surface area contributed by atoms with Gasteiger partial charge in [-0.25, -0.2) is 0 Å². The van der Waals surface area contributed by atoms with E-state index in [1.54, 1.807) is 44.4 Å². The SMILES string of the molecule is COc1ccccc1NCC(=O)NNC(=O)C(C)Sc1cc(Cl)ccc1Cl. The predicted molar refractivity (Wildman–Crippen MR) is 110 cm³/mol. The molecule has 27 heavy (non-hydrogen) atoms. The molecular formula is C18H19Cl2N3O3S. The van der Waals surface area contributed by atoms with Crippen molar-refractivity contribution >= 4 is 52.5 Å². The number of ether oxygens (including phenoxy) is 1. The van der Waals surface area contributed by atoms with Gasteiger partial charge in [0.05, 0.1) is 29.6 Å². The van der Waals surface area contributed by atoms with Crippen LogP contribution in [0.2, 0.25) is 10.0 Å². The molecule has 144 valence electrons. The third-order valence-corrected chi connectivity index (χ3v) is 5.27. The van der Waals surface area contributed by atoms with E-state index in [-0.39, 0.29) is 12.5 Å². The fraction of sp³-hybridized carbons (Fsp3) is 0.222. The summed E-state index contributed by atoms with van der Waals surface area (Å²) in [5.74, 6) is -0.133. The van der Waals surface area contributed by atoms with Crippen LogP contribution < -0.4 is 20.9 Å². The summed E-state index contributed by atoms with van der Waals surface area (Å²) >= 11 is 13.3. The fourth-order valence-electron chi connectivity index (χ4n) is 2.05. The van der Waals surface area contributed by atoms with Crippen molar-refractivity contribution in [1.29, 1.82) is 0 Å². The zero-order chi connectivity index (χ0) is 19.8. The topological polar surface area (TPSA) is 79.5 Å².